The molecule has 2 N–H and O–H groups in total. The first-order chi connectivity index (χ1) is 9.45. The fourth-order valence-electron chi connectivity index (χ4n) is 2.99. The van der Waals surface area contributed by atoms with E-state index >= 15 is 0 Å². The number of aliphatic carboxylic acids is 1. The molecule has 4 heteroatoms. The fraction of sp³-hybridized carbons (Fsp3) is 0.438. The second kappa shape index (κ2) is 6.31. The molecule has 0 saturated heterocycles. The molecule has 0 aromatic heterocycles. The summed E-state index contributed by atoms with van der Waals surface area (Å²) in [5.74, 6) is -0.278. The fourth-order valence-corrected chi connectivity index (χ4v) is 3.18. The summed E-state index contributed by atoms with van der Waals surface area (Å²) in [6, 6.07) is 6.61. The van der Waals surface area contributed by atoms with Crippen molar-refractivity contribution >= 4 is 23.3 Å². The molecule has 1 aliphatic rings. The van der Waals surface area contributed by atoms with Crippen molar-refractivity contribution in [2.75, 3.05) is 5.32 Å². The van der Waals surface area contributed by atoms with Crippen LogP contribution in [-0.4, -0.2) is 17.1 Å². The number of hydrogen-bond acceptors (Lipinski definition) is 2. The van der Waals surface area contributed by atoms with E-state index < -0.39 is 12.0 Å². The van der Waals surface area contributed by atoms with Crippen molar-refractivity contribution in [3.05, 3.63) is 40.9 Å². The van der Waals surface area contributed by atoms with Crippen molar-refractivity contribution in [3.8, 4) is 0 Å². The molecular formula is C16H20ClNO2. The van der Waals surface area contributed by atoms with Gasteiger partial charge in [0.05, 0.1) is 0 Å². The number of carboxylic acid groups (broad SMARTS) is 1. The highest BCUT2D eigenvalue weighted by Crippen LogP contribution is 2.32. The molecule has 0 saturated carbocycles. The largest absolute Gasteiger partial charge is 0.480 e. The van der Waals surface area contributed by atoms with Crippen LogP contribution in [0.25, 0.3) is 0 Å². The molecule has 3 atom stereocenters. The van der Waals surface area contributed by atoms with E-state index in [-0.39, 0.29) is 5.92 Å². The average molecular weight is 294 g/mol. The van der Waals surface area contributed by atoms with E-state index in [2.05, 4.69) is 25.2 Å². The van der Waals surface area contributed by atoms with Crippen LogP contribution in [0.3, 0.4) is 0 Å². The molecule has 2 rings (SSSR count). The first-order valence-electron chi connectivity index (χ1n) is 6.88. The number of carbonyl (C=O) groups is 1. The van der Waals surface area contributed by atoms with Crippen molar-refractivity contribution in [2.24, 2.45) is 11.8 Å². The minimum absolute atomic E-state index is 0.103. The third-order valence-electron chi connectivity index (χ3n) is 3.71. The van der Waals surface area contributed by atoms with Crippen LogP contribution in [0.4, 0.5) is 5.69 Å². The van der Waals surface area contributed by atoms with Crippen molar-refractivity contribution in [1.82, 2.24) is 0 Å². The van der Waals surface area contributed by atoms with Crippen molar-refractivity contribution in [3.63, 3.8) is 0 Å². The van der Waals surface area contributed by atoms with Crippen LogP contribution in [0.2, 0.25) is 5.02 Å². The molecule has 0 radical (unpaired) electrons. The third kappa shape index (κ3) is 3.76. The van der Waals surface area contributed by atoms with E-state index in [0.29, 0.717) is 10.9 Å². The van der Waals surface area contributed by atoms with Gasteiger partial charge in [-0.1, -0.05) is 36.2 Å². The molecule has 1 aliphatic carbocycles. The first-order valence-corrected chi connectivity index (χ1v) is 7.25. The van der Waals surface area contributed by atoms with E-state index in [0.717, 1.165) is 18.5 Å². The Morgan fingerprint density at radius 2 is 2.25 bits per heavy atom. The second-order valence-electron chi connectivity index (χ2n) is 5.66. The normalized spacial score (nSPS) is 23.9. The minimum Gasteiger partial charge on any atom is -0.480 e. The molecule has 0 aliphatic heterocycles. The summed E-state index contributed by atoms with van der Waals surface area (Å²) >= 11 is 5.94. The van der Waals surface area contributed by atoms with E-state index in [1.807, 2.05) is 12.1 Å². The molecule has 20 heavy (non-hydrogen) atoms. The molecule has 3 nitrogen and oxygen atoms in total. The van der Waals surface area contributed by atoms with E-state index in [1.165, 1.54) is 5.57 Å². The van der Waals surface area contributed by atoms with Crippen LogP contribution in [0.15, 0.2) is 35.9 Å². The van der Waals surface area contributed by atoms with Gasteiger partial charge < -0.3 is 10.4 Å². The average Bonchev–Trinajstić information content (AvgIpc) is 2.34. The Morgan fingerprint density at radius 3 is 2.85 bits per heavy atom. The lowest BCUT2D eigenvalue weighted by atomic mass is 9.79. The van der Waals surface area contributed by atoms with Gasteiger partial charge in [-0.2, -0.15) is 0 Å². The molecular weight excluding hydrogens is 274 g/mol. The smallest absolute Gasteiger partial charge is 0.326 e. The molecule has 0 spiro atoms. The zero-order chi connectivity index (χ0) is 14.7. The van der Waals surface area contributed by atoms with Gasteiger partial charge in [-0.15, -0.1) is 0 Å². The highest BCUT2D eigenvalue weighted by Gasteiger charge is 2.31. The van der Waals surface area contributed by atoms with Gasteiger partial charge in [-0.25, -0.2) is 4.79 Å². The topological polar surface area (TPSA) is 49.3 Å². The predicted octanol–water partition coefficient (Wildman–Crippen LogP) is 4.20. The number of halogens is 1. The quantitative estimate of drug-likeness (QED) is 0.818. The maximum Gasteiger partial charge on any atom is 0.326 e. The molecule has 108 valence electrons. The van der Waals surface area contributed by atoms with Gasteiger partial charge in [0.15, 0.2) is 0 Å². The number of anilines is 1. The van der Waals surface area contributed by atoms with Gasteiger partial charge in [0.2, 0.25) is 0 Å². The minimum atomic E-state index is -0.808. The molecule has 0 bridgehead atoms. The van der Waals surface area contributed by atoms with Gasteiger partial charge in [0.1, 0.15) is 6.04 Å². The SMILES string of the molecule is CC1=CC(C)CC(C(Nc2cccc(Cl)c2)C(=O)O)C1. The summed E-state index contributed by atoms with van der Waals surface area (Å²) in [4.78, 5) is 11.6. The lowest BCUT2D eigenvalue weighted by Crippen LogP contribution is -2.38. The molecule has 1 aromatic rings. The molecule has 3 unspecified atom stereocenters. The molecule has 0 fully saturated rings. The summed E-state index contributed by atoms with van der Waals surface area (Å²) in [6.45, 7) is 4.20. The zero-order valence-corrected chi connectivity index (χ0v) is 12.5. The van der Waals surface area contributed by atoms with Crippen molar-refractivity contribution < 1.29 is 9.90 Å². The Balaban J connectivity index is 2.16. The standard InChI is InChI=1S/C16H20ClNO2/c1-10-6-11(2)8-12(7-10)15(16(19)20)18-14-5-3-4-13(17)9-14/h3-6,9-10,12,15,18H,7-8H2,1-2H3,(H,19,20). The first kappa shape index (κ1) is 14.9. The number of hydrogen-bond donors (Lipinski definition) is 2. The van der Waals surface area contributed by atoms with Crippen LogP contribution in [0.1, 0.15) is 26.7 Å². The lowest BCUT2D eigenvalue weighted by Gasteiger charge is -2.31. The number of nitrogens with one attached hydrogen (secondary N) is 1. The van der Waals surface area contributed by atoms with Gasteiger partial charge in [-0.3, -0.25) is 0 Å². The summed E-state index contributed by atoms with van der Waals surface area (Å²) in [5, 5.41) is 13.2. The maximum atomic E-state index is 11.6. The van der Waals surface area contributed by atoms with E-state index in [1.54, 1.807) is 12.1 Å². The van der Waals surface area contributed by atoms with Crippen molar-refractivity contribution in [2.45, 2.75) is 32.7 Å². The Labute approximate surface area is 124 Å². The Kier molecular flexibility index (Phi) is 4.71. The number of carboxylic acids is 1. The maximum absolute atomic E-state index is 11.6. The third-order valence-corrected chi connectivity index (χ3v) is 3.95. The highest BCUT2D eigenvalue weighted by molar-refractivity contribution is 6.30. The number of allylic oxidation sites excluding steroid dienone is 2. The summed E-state index contributed by atoms with van der Waals surface area (Å²) in [7, 11) is 0. The predicted molar refractivity (Wildman–Crippen MR) is 82.1 cm³/mol. The summed E-state index contributed by atoms with van der Waals surface area (Å²) in [6.07, 6.45) is 3.95. The van der Waals surface area contributed by atoms with Gasteiger partial charge in [0, 0.05) is 10.7 Å². The van der Waals surface area contributed by atoms with E-state index in [4.69, 9.17) is 11.6 Å². The monoisotopic (exact) mass is 293 g/mol. The molecule has 1 aromatic carbocycles. The highest BCUT2D eigenvalue weighted by atomic mass is 35.5. The molecule has 0 heterocycles. The molecule has 0 amide bonds. The summed E-state index contributed by atoms with van der Waals surface area (Å²) < 4.78 is 0. The van der Waals surface area contributed by atoms with Crippen molar-refractivity contribution in [1.29, 1.82) is 0 Å². The summed E-state index contributed by atoms with van der Waals surface area (Å²) in [5.41, 5.74) is 2.03. The van der Waals surface area contributed by atoms with Crippen LogP contribution in [0.5, 0.6) is 0 Å². The second-order valence-corrected chi connectivity index (χ2v) is 6.10. The number of benzene rings is 1. The van der Waals surface area contributed by atoms with Gasteiger partial charge >= 0.3 is 5.97 Å². The Bertz CT molecular complexity index is 527. The van der Waals surface area contributed by atoms with Crippen LogP contribution < -0.4 is 5.32 Å². The number of rotatable bonds is 4. The van der Waals surface area contributed by atoms with Crippen LogP contribution >= 0.6 is 11.6 Å². The zero-order valence-electron chi connectivity index (χ0n) is 11.8. The van der Waals surface area contributed by atoms with Crippen LogP contribution in [-0.2, 0) is 4.79 Å². The van der Waals surface area contributed by atoms with Gasteiger partial charge in [-0.05, 0) is 49.8 Å². The Morgan fingerprint density at radius 1 is 1.50 bits per heavy atom. The lowest BCUT2D eigenvalue weighted by molar-refractivity contribution is -0.139. The van der Waals surface area contributed by atoms with E-state index in [9.17, 15) is 9.90 Å². The van der Waals surface area contributed by atoms with Crippen LogP contribution in [0, 0.1) is 11.8 Å². The Hall–Kier alpha value is -1.48. The van der Waals surface area contributed by atoms with Gasteiger partial charge in [0.25, 0.3) is 0 Å².